The molecule has 2 N–H and O–H groups in total. The molecule has 0 bridgehead atoms. The molecular formula is C24H32N4O2. The van der Waals surface area contributed by atoms with Crippen molar-refractivity contribution in [1.29, 1.82) is 0 Å². The molecule has 1 aliphatic heterocycles. The first-order chi connectivity index (χ1) is 14.2. The minimum absolute atomic E-state index is 0.239. The average molecular weight is 409 g/mol. The molecule has 1 aromatic carbocycles. The maximum atomic E-state index is 12.2. The van der Waals surface area contributed by atoms with Gasteiger partial charge in [-0.1, -0.05) is 39.0 Å². The Balaban J connectivity index is 1.54. The molecule has 30 heavy (non-hydrogen) atoms. The van der Waals surface area contributed by atoms with E-state index >= 15 is 0 Å². The quantitative estimate of drug-likeness (QED) is 0.755. The van der Waals surface area contributed by atoms with E-state index in [1.807, 2.05) is 45.9 Å². The van der Waals surface area contributed by atoms with E-state index in [4.69, 9.17) is 0 Å². The number of aromatic nitrogens is 1. The second-order valence-electron chi connectivity index (χ2n) is 9.00. The first-order valence-electron chi connectivity index (χ1n) is 10.5. The molecule has 3 rings (SSSR count). The number of fused-ring (bicyclic) bond motifs is 1. The van der Waals surface area contributed by atoms with E-state index in [1.165, 1.54) is 11.1 Å². The predicted molar refractivity (Wildman–Crippen MR) is 119 cm³/mol. The number of aryl methyl sites for hydroxylation is 1. The molecule has 6 heteroatoms. The van der Waals surface area contributed by atoms with Gasteiger partial charge in [-0.05, 0) is 42.2 Å². The van der Waals surface area contributed by atoms with Crippen molar-refractivity contribution < 1.29 is 9.59 Å². The van der Waals surface area contributed by atoms with E-state index in [0.29, 0.717) is 24.4 Å². The van der Waals surface area contributed by atoms with E-state index in [0.717, 1.165) is 37.3 Å². The monoisotopic (exact) mass is 408 g/mol. The van der Waals surface area contributed by atoms with Crippen LogP contribution in [0.25, 0.3) is 0 Å². The van der Waals surface area contributed by atoms with Gasteiger partial charge in [-0.15, -0.1) is 0 Å². The highest BCUT2D eigenvalue weighted by Gasteiger charge is 2.23. The number of urea groups is 1. The largest absolute Gasteiger partial charge is 0.334 e. The van der Waals surface area contributed by atoms with Crippen LogP contribution >= 0.6 is 0 Å². The van der Waals surface area contributed by atoms with Crippen LogP contribution in [-0.2, 0) is 24.3 Å². The van der Waals surface area contributed by atoms with E-state index in [2.05, 4.69) is 32.7 Å². The van der Waals surface area contributed by atoms with Crippen molar-refractivity contribution in [2.24, 2.45) is 5.41 Å². The van der Waals surface area contributed by atoms with Gasteiger partial charge in [0.15, 0.2) is 0 Å². The highest BCUT2D eigenvalue weighted by atomic mass is 16.2. The maximum absolute atomic E-state index is 12.2. The van der Waals surface area contributed by atoms with Gasteiger partial charge < -0.3 is 10.6 Å². The van der Waals surface area contributed by atoms with Gasteiger partial charge in [0.05, 0.1) is 11.9 Å². The fourth-order valence-corrected chi connectivity index (χ4v) is 3.63. The smallest absolute Gasteiger partial charge is 0.319 e. The number of benzene rings is 1. The Hall–Kier alpha value is -2.73. The lowest BCUT2D eigenvalue weighted by Crippen LogP contribution is -2.35. The molecule has 1 aromatic heterocycles. The number of pyridine rings is 1. The number of ketones is 1. The van der Waals surface area contributed by atoms with Crippen LogP contribution in [0.4, 0.5) is 10.5 Å². The molecule has 2 aromatic rings. The van der Waals surface area contributed by atoms with Crippen molar-refractivity contribution in [3.8, 4) is 0 Å². The highest BCUT2D eigenvalue weighted by Crippen LogP contribution is 2.24. The summed E-state index contributed by atoms with van der Waals surface area (Å²) in [5.41, 5.74) is 5.05. The molecule has 0 aliphatic carbocycles. The molecule has 0 fully saturated rings. The second kappa shape index (κ2) is 9.39. The number of hydrogen-bond acceptors (Lipinski definition) is 4. The summed E-state index contributed by atoms with van der Waals surface area (Å²) in [4.78, 5) is 31.0. The lowest BCUT2D eigenvalue weighted by Gasteiger charge is -2.30. The zero-order valence-corrected chi connectivity index (χ0v) is 18.4. The van der Waals surface area contributed by atoms with Gasteiger partial charge in [-0.25, -0.2) is 4.79 Å². The van der Waals surface area contributed by atoms with Crippen molar-refractivity contribution in [2.45, 2.75) is 53.6 Å². The fraction of sp³-hybridized carbons (Fsp3) is 0.458. The fourth-order valence-electron chi connectivity index (χ4n) is 3.63. The molecule has 0 unspecified atom stereocenters. The first-order valence-corrected chi connectivity index (χ1v) is 10.5. The van der Waals surface area contributed by atoms with Crippen LogP contribution in [0, 0.1) is 12.3 Å². The number of hydrogen-bond donors (Lipinski definition) is 2. The third kappa shape index (κ3) is 5.89. The summed E-state index contributed by atoms with van der Waals surface area (Å²) in [6, 6.07) is 9.73. The van der Waals surface area contributed by atoms with Gasteiger partial charge in [0.25, 0.3) is 0 Å². The topological polar surface area (TPSA) is 74.3 Å². The normalized spacial score (nSPS) is 14.1. The Bertz CT molecular complexity index is 900. The third-order valence-corrected chi connectivity index (χ3v) is 5.54. The van der Waals surface area contributed by atoms with E-state index < -0.39 is 0 Å². The van der Waals surface area contributed by atoms with Crippen LogP contribution in [-0.4, -0.2) is 34.8 Å². The number of anilines is 1. The van der Waals surface area contributed by atoms with Gasteiger partial charge in [0, 0.05) is 43.7 Å². The second-order valence-corrected chi connectivity index (χ2v) is 9.00. The maximum Gasteiger partial charge on any atom is 0.319 e. The van der Waals surface area contributed by atoms with Crippen LogP contribution < -0.4 is 10.6 Å². The minimum Gasteiger partial charge on any atom is -0.334 e. The van der Waals surface area contributed by atoms with Crippen LogP contribution in [0.15, 0.2) is 36.5 Å². The lowest BCUT2D eigenvalue weighted by atomic mass is 9.88. The van der Waals surface area contributed by atoms with E-state index in [9.17, 15) is 9.59 Å². The summed E-state index contributed by atoms with van der Waals surface area (Å²) in [5.74, 6) is 0.307. The van der Waals surface area contributed by atoms with Crippen LogP contribution in [0.5, 0.6) is 0 Å². The molecule has 160 valence electrons. The van der Waals surface area contributed by atoms with Crippen molar-refractivity contribution >= 4 is 17.5 Å². The van der Waals surface area contributed by atoms with Gasteiger partial charge in [-0.3, -0.25) is 14.7 Å². The Kier molecular flexibility index (Phi) is 6.87. The minimum atomic E-state index is -0.276. The van der Waals surface area contributed by atoms with Gasteiger partial charge in [0.1, 0.15) is 5.78 Å². The Labute approximate surface area is 179 Å². The summed E-state index contributed by atoms with van der Waals surface area (Å²) in [6.07, 6.45) is 3.17. The number of carbonyl (C=O) groups excluding carboxylic acids is 2. The average Bonchev–Trinajstić information content (AvgIpc) is 2.71. The van der Waals surface area contributed by atoms with Crippen molar-refractivity contribution in [1.82, 2.24) is 15.2 Å². The SMILES string of the molecule is Cc1ccc(NC(=O)NCc2cccc3c2CCN(CCC(=O)C(C)(C)C)C3)cn1. The van der Waals surface area contributed by atoms with Crippen LogP contribution in [0.1, 0.15) is 49.6 Å². The molecule has 0 atom stereocenters. The van der Waals surface area contributed by atoms with Crippen molar-refractivity contribution in [3.63, 3.8) is 0 Å². The van der Waals surface area contributed by atoms with E-state index in [-0.39, 0.29) is 11.4 Å². The van der Waals surface area contributed by atoms with Gasteiger partial charge in [0.2, 0.25) is 0 Å². The highest BCUT2D eigenvalue weighted by molar-refractivity contribution is 5.89. The summed E-state index contributed by atoms with van der Waals surface area (Å²) < 4.78 is 0. The van der Waals surface area contributed by atoms with E-state index in [1.54, 1.807) is 6.20 Å². The summed E-state index contributed by atoms with van der Waals surface area (Å²) in [7, 11) is 0. The molecule has 0 spiro atoms. The van der Waals surface area contributed by atoms with Crippen LogP contribution in [0.2, 0.25) is 0 Å². The molecule has 2 amide bonds. The summed E-state index contributed by atoms with van der Waals surface area (Å²) in [5, 5.41) is 5.76. The summed E-state index contributed by atoms with van der Waals surface area (Å²) >= 11 is 0. The number of carbonyl (C=O) groups is 2. The summed E-state index contributed by atoms with van der Waals surface area (Å²) in [6.45, 7) is 10.9. The molecule has 0 saturated heterocycles. The zero-order valence-electron chi connectivity index (χ0n) is 18.4. The van der Waals surface area contributed by atoms with Crippen molar-refractivity contribution in [2.75, 3.05) is 18.4 Å². The van der Waals surface area contributed by atoms with Crippen LogP contribution in [0.3, 0.4) is 0 Å². The molecule has 0 saturated carbocycles. The third-order valence-electron chi connectivity index (χ3n) is 5.54. The lowest BCUT2D eigenvalue weighted by molar-refractivity contribution is -0.126. The predicted octanol–water partition coefficient (Wildman–Crippen LogP) is 4.08. The number of amides is 2. The number of Topliss-reactive ketones (excluding diaryl/α,β-unsaturated/α-hetero) is 1. The Morgan fingerprint density at radius 2 is 1.97 bits per heavy atom. The Morgan fingerprint density at radius 1 is 1.17 bits per heavy atom. The molecule has 6 nitrogen and oxygen atoms in total. The number of nitrogens with one attached hydrogen (secondary N) is 2. The zero-order chi connectivity index (χ0) is 21.7. The van der Waals surface area contributed by atoms with Gasteiger partial charge in [-0.2, -0.15) is 0 Å². The molecular weight excluding hydrogens is 376 g/mol. The number of nitrogens with zero attached hydrogens (tertiary/aromatic N) is 2. The van der Waals surface area contributed by atoms with Gasteiger partial charge >= 0.3 is 6.03 Å². The Morgan fingerprint density at radius 3 is 2.67 bits per heavy atom. The van der Waals surface area contributed by atoms with Crippen molar-refractivity contribution in [3.05, 3.63) is 58.9 Å². The number of rotatable bonds is 6. The standard InChI is InChI=1S/C24H32N4O2/c1-17-8-9-20(15-25-17)27-23(30)26-14-18-6-5-7-19-16-28(12-10-21(18)19)13-11-22(29)24(2,3)4/h5-9,15H,10-14,16H2,1-4H3,(H2,26,27,30). The molecule has 1 aliphatic rings. The molecule has 2 heterocycles. The molecule has 0 radical (unpaired) electrons. The first kappa shape index (κ1) is 22.0.